The van der Waals surface area contributed by atoms with E-state index in [2.05, 4.69) is 24.5 Å². The van der Waals surface area contributed by atoms with E-state index in [4.69, 9.17) is 14.9 Å². The lowest BCUT2D eigenvalue weighted by atomic mass is 10.0. The molecule has 9 nitrogen and oxygen atoms in total. The smallest absolute Gasteiger partial charge is 0.328 e. The molecule has 276 valence electrons. The molecule has 0 radical (unpaired) electrons. The highest BCUT2D eigenvalue weighted by atomic mass is 16.5. The summed E-state index contributed by atoms with van der Waals surface area (Å²) in [4.78, 5) is 47.3. The first-order valence-corrected chi connectivity index (χ1v) is 19.4. The standard InChI is InChI=1S/C38H72N2O7/c1-3-5-7-9-11-12-13-14-15-17-19-23-27-33(47-37(44)30-26-22-16-10-8-6-4-2)28-24-20-18-21-25-29-35(42)39-31-36(43)40-34(32-41)38(45)46/h33-34,41H,3-32H2,1-2H3,(H,39,42)(H,40,43)(H,45,46). The summed E-state index contributed by atoms with van der Waals surface area (Å²) in [5.74, 6) is -2.28. The molecule has 0 rings (SSSR count). The number of amides is 2. The van der Waals surface area contributed by atoms with Gasteiger partial charge in [-0.15, -0.1) is 0 Å². The number of carbonyl (C=O) groups excluding carboxylic acids is 3. The van der Waals surface area contributed by atoms with Crippen molar-refractivity contribution >= 4 is 23.8 Å². The number of aliphatic hydroxyl groups is 1. The summed E-state index contributed by atoms with van der Waals surface area (Å²) >= 11 is 0. The number of ether oxygens (including phenoxy) is 1. The zero-order valence-corrected chi connectivity index (χ0v) is 30.3. The Morgan fingerprint density at radius 3 is 1.38 bits per heavy atom. The van der Waals surface area contributed by atoms with Crippen LogP contribution in [0.25, 0.3) is 0 Å². The number of hydrogen-bond donors (Lipinski definition) is 4. The average Bonchev–Trinajstić information content (AvgIpc) is 3.05. The second-order valence-electron chi connectivity index (χ2n) is 13.4. The van der Waals surface area contributed by atoms with Gasteiger partial charge in [-0.2, -0.15) is 0 Å². The topological polar surface area (TPSA) is 142 Å². The number of aliphatic hydroxyl groups excluding tert-OH is 1. The summed E-state index contributed by atoms with van der Waals surface area (Å²) in [6, 6.07) is -1.38. The van der Waals surface area contributed by atoms with Crippen LogP contribution in [0.4, 0.5) is 0 Å². The summed E-state index contributed by atoms with van der Waals surface area (Å²) in [7, 11) is 0. The molecular weight excluding hydrogens is 596 g/mol. The van der Waals surface area contributed by atoms with Crippen LogP contribution in [0.2, 0.25) is 0 Å². The van der Waals surface area contributed by atoms with E-state index in [0.29, 0.717) is 19.3 Å². The molecule has 47 heavy (non-hydrogen) atoms. The van der Waals surface area contributed by atoms with Crippen molar-refractivity contribution in [3.8, 4) is 0 Å². The second kappa shape index (κ2) is 33.7. The molecule has 0 saturated carbocycles. The van der Waals surface area contributed by atoms with Gasteiger partial charge < -0.3 is 25.6 Å². The molecule has 2 atom stereocenters. The van der Waals surface area contributed by atoms with E-state index in [1.807, 2.05) is 0 Å². The molecule has 4 N–H and O–H groups in total. The van der Waals surface area contributed by atoms with Crippen molar-refractivity contribution in [2.45, 2.75) is 206 Å². The first kappa shape index (κ1) is 44.8. The molecule has 9 heteroatoms. The lowest BCUT2D eigenvalue weighted by Gasteiger charge is -2.18. The molecule has 0 aromatic carbocycles. The van der Waals surface area contributed by atoms with Gasteiger partial charge in [-0.3, -0.25) is 14.4 Å². The number of esters is 1. The fourth-order valence-corrected chi connectivity index (χ4v) is 5.83. The van der Waals surface area contributed by atoms with Crippen molar-refractivity contribution in [3.63, 3.8) is 0 Å². The van der Waals surface area contributed by atoms with E-state index in [0.717, 1.165) is 57.8 Å². The van der Waals surface area contributed by atoms with Crippen LogP contribution < -0.4 is 10.6 Å². The van der Waals surface area contributed by atoms with Gasteiger partial charge in [-0.25, -0.2) is 4.79 Å². The Hall–Kier alpha value is -2.16. The first-order chi connectivity index (χ1) is 22.8. The minimum absolute atomic E-state index is 0.00124. The highest BCUT2D eigenvalue weighted by molar-refractivity contribution is 5.87. The predicted molar refractivity (Wildman–Crippen MR) is 190 cm³/mol. The quantitative estimate of drug-likeness (QED) is 0.0392. The third kappa shape index (κ3) is 30.9. The molecule has 0 heterocycles. The molecule has 0 fully saturated rings. The minimum atomic E-state index is -1.38. The van der Waals surface area contributed by atoms with Crippen LogP contribution in [-0.4, -0.2) is 59.3 Å². The number of carbonyl (C=O) groups is 4. The highest BCUT2D eigenvalue weighted by Crippen LogP contribution is 2.19. The summed E-state index contributed by atoms with van der Waals surface area (Å²) in [6.07, 6.45) is 31.3. The Balaban J connectivity index is 4.24. The number of rotatable bonds is 35. The maximum absolute atomic E-state index is 12.6. The average molecular weight is 669 g/mol. The van der Waals surface area contributed by atoms with Crippen LogP contribution in [0.15, 0.2) is 0 Å². The summed E-state index contributed by atoms with van der Waals surface area (Å²) < 4.78 is 5.97. The molecule has 0 spiro atoms. The van der Waals surface area contributed by atoms with Gasteiger partial charge in [0.25, 0.3) is 0 Å². The van der Waals surface area contributed by atoms with Gasteiger partial charge >= 0.3 is 11.9 Å². The lowest BCUT2D eigenvalue weighted by Crippen LogP contribution is -2.47. The third-order valence-corrected chi connectivity index (χ3v) is 8.85. The predicted octanol–water partition coefficient (Wildman–Crippen LogP) is 8.54. The third-order valence-electron chi connectivity index (χ3n) is 8.85. The van der Waals surface area contributed by atoms with Crippen LogP contribution >= 0.6 is 0 Å². The maximum atomic E-state index is 12.6. The molecule has 2 unspecified atom stereocenters. The van der Waals surface area contributed by atoms with Crippen molar-refractivity contribution in [2.24, 2.45) is 0 Å². The molecular formula is C38H72N2O7. The number of carboxylic acid groups (broad SMARTS) is 1. The molecule has 0 aromatic heterocycles. The molecule has 0 bridgehead atoms. The number of carboxylic acids is 1. The fraction of sp³-hybridized carbons (Fsp3) is 0.895. The van der Waals surface area contributed by atoms with E-state index < -0.39 is 24.5 Å². The maximum Gasteiger partial charge on any atom is 0.328 e. The van der Waals surface area contributed by atoms with E-state index in [1.165, 1.54) is 103 Å². The van der Waals surface area contributed by atoms with E-state index in [9.17, 15) is 19.2 Å². The van der Waals surface area contributed by atoms with Gasteiger partial charge in [-0.1, -0.05) is 142 Å². The normalized spacial score (nSPS) is 12.4. The zero-order valence-electron chi connectivity index (χ0n) is 30.3. The van der Waals surface area contributed by atoms with Crippen molar-refractivity contribution in [3.05, 3.63) is 0 Å². The Labute approximate surface area is 287 Å². The lowest BCUT2D eigenvalue weighted by molar-refractivity contribution is -0.150. The van der Waals surface area contributed by atoms with Gasteiger partial charge in [-0.05, 0) is 38.5 Å². The summed E-state index contributed by atoms with van der Waals surface area (Å²) in [5, 5.41) is 22.5. The molecule has 0 aliphatic rings. The van der Waals surface area contributed by atoms with Crippen LogP contribution in [0.1, 0.15) is 194 Å². The van der Waals surface area contributed by atoms with Gasteiger partial charge in [0.1, 0.15) is 12.1 Å². The van der Waals surface area contributed by atoms with Crippen LogP contribution in [0.3, 0.4) is 0 Å². The number of nitrogens with one attached hydrogen (secondary N) is 2. The fourth-order valence-electron chi connectivity index (χ4n) is 5.83. The zero-order chi connectivity index (χ0) is 34.8. The van der Waals surface area contributed by atoms with Crippen LogP contribution in [0, 0.1) is 0 Å². The number of unbranched alkanes of at least 4 members (excludes halogenated alkanes) is 21. The van der Waals surface area contributed by atoms with Crippen molar-refractivity contribution in [1.82, 2.24) is 10.6 Å². The minimum Gasteiger partial charge on any atom is -0.480 e. The van der Waals surface area contributed by atoms with Crippen molar-refractivity contribution in [1.29, 1.82) is 0 Å². The monoisotopic (exact) mass is 669 g/mol. The molecule has 2 amide bonds. The van der Waals surface area contributed by atoms with Crippen molar-refractivity contribution < 1.29 is 34.1 Å². The van der Waals surface area contributed by atoms with Crippen LogP contribution in [0.5, 0.6) is 0 Å². The Bertz CT molecular complexity index is 777. The van der Waals surface area contributed by atoms with E-state index >= 15 is 0 Å². The largest absolute Gasteiger partial charge is 0.480 e. The first-order valence-electron chi connectivity index (χ1n) is 19.4. The molecule has 0 saturated heterocycles. The number of aliphatic carboxylic acids is 1. The van der Waals surface area contributed by atoms with Gasteiger partial charge in [0.15, 0.2) is 0 Å². The molecule has 0 aromatic rings. The Morgan fingerprint density at radius 2 is 0.957 bits per heavy atom. The van der Waals surface area contributed by atoms with Gasteiger partial charge in [0, 0.05) is 12.8 Å². The highest BCUT2D eigenvalue weighted by Gasteiger charge is 2.19. The molecule has 0 aliphatic carbocycles. The Morgan fingerprint density at radius 1 is 0.553 bits per heavy atom. The van der Waals surface area contributed by atoms with E-state index in [1.54, 1.807) is 0 Å². The summed E-state index contributed by atoms with van der Waals surface area (Å²) in [5.41, 5.74) is 0. The SMILES string of the molecule is CCCCCCCCCCCCCCC(CCCCCCCC(=O)NCC(=O)NC(CO)C(=O)O)OC(=O)CCCCCCCCC. The number of hydrogen-bond acceptors (Lipinski definition) is 6. The van der Waals surface area contributed by atoms with Gasteiger partial charge in [0.05, 0.1) is 13.2 Å². The van der Waals surface area contributed by atoms with E-state index in [-0.39, 0.29) is 24.5 Å². The van der Waals surface area contributed by atoms with Gasteiger partial charge in [0.2, 0.25) is 11.8 Å². The Kier molecular flexibility index (Phi) is 32.2. The molecule has 0 aliphatic heterocycles. The summed E-state index contributed by atoms with van der Waals surface area (Å²) in [6.45, 7) is 3.46. The van der Waals surface area contributed by atoms with Crippen LogP contribution in [-0.2, 0) is 23.9 Å². The second-order valence-corrected chi connectivity index (χ2v) is 13.4. The van der Waals surface area contributed by atoms with Crippen molar-refractivity contribution in [2.75, 3.05) is 13.2 Å².